The van der Waals surface area contributed by atoms with Crippen LogP contribution in [0.25, 0.3) is 0 Å². The van der Waals surface area contributed by atoms with E-state index in [4.69, 9.17) is 4.74 Å². The molecule has 100 valence electrons. The van der Waals surface area contributed by atoms with Crippen LogP contribution in [0.1, 0.15) is 18.4 Å². The van der Waals surface area contributed by atoms with Crippen molar-refractivity contribution in [3.63, 3.8) is 0 Å². The Labute approximate surface area is 113 Å². The molecule has 2 rings (SSSR count). The van der Waals surface area contributed by atoms with Crippen molar-refractivity contribution in [2.45, 2.75) is 24.9 Å². The van der Waals surface area contributed by atoms with Gasteiger partial charge in [-0.1, -0.05) is 0 Å². The molecule has 1 unspecified atom stereocenters. The maximum atomic E-state index is 13.9. The van der Waals surface area contributed by atoms with E-state index in [2.05, 4.69) is 15.9 Å². The van der Waals surface area contributed by atoms with Crippen LogP contribution in [-0.4, -0.2) is 24.4 Å². The van der Waals surface area contributed by atoms with Gasteiger partial charge in [0.2, 0.25) is 0 Å². The Morgan fingerprint density at radius 2 is 2.11 bits per heavy atom. The first-order valence-corrected chi connectivity index (χ1v) is 6.61. The van der Waals surface area contributed by atoms with Crippen molar-refractivity contribution < 1.29 is 18.6 Å². The zero-order chi connectivity index (χ0) is 13.3. The number of methoxy groups -OCH3 is 1. The van der Waals surface area contributed by atoms with Gasteiger partial charge in [0.05, 0.1) is 16.7 Å². The predicted molar refractivity (Wildman–Crippen MR) is 67.3 cm³/mol. The van der Waals surface area contributed by atoms with Crippen LogP contribution < -0.4 is 0 Å². The second-order valence-electron chi connectivity index (χ2n) is 4.81. The Hall–Kier alpha value is -0.520. The summed E-state index contributed by atoms with van der Waals surface area (Å²) in [5, 5.41) is 10.5. The van der Waals surface area contributed by atoms with E-state index >= 15 is 0 Å². The summed E-state index contributed by atoms with van der Waals surface area (Å²) >= 11 is 3.02. The Kier molecular flexibility index (Phi) is 4.04. The van der Waals surface area contributed by atoms with E-state index < -0.39 is 17.2 Å². The van der Waals surface area contributed by atoms with E-state index in [-0.39, 0.29) is 29.0 Å². The predicted octanol–water partition coefficient (Wildman–Crippen LogP) is 3.06. The number of ether oxygens (including phenoxy) is 1. The van der Waals surface area contributed by atoms with E-state index in [0.29, 0.717) is 0 Å². The second kappa shape index (κ2) is 5.23. The molecule has 1 aliphatic rings. The molecule has 0 saturated heterocycles. The highest BCUT2D eigenvalue weighted by molar-refractivity contribution is 9.10. The van der Waals surface area contributed by atoms with Crippen molar-refractivity contribution in [1.82, 2.24) is 0 Å². The Morgan fingerprint density at radius 3 is 2.67 bits per heavy atom. The zero-order valence-corrected chi connectivity index (χ0v) is 11.6. The van der Waals surface area contributed by atoms with Gasteiger partial charge in [-0.25, -0.2) is 8.78 Å². The zero-order valence-electron chi connectivity index (χ0n) is 10.0. The van der Waals surface area contributed by atoms with Gasteiger partial charge < -0.3 is 9.84 Å². The minimum Gasteiger partial charge on any atom is -0.387 e. The van der Waals surface area contributed by atoms with Gasteiger partial charge in [0.1, 0.15) is 11.6 Å². The molecule has 0 bridgehead atoms. The van der Waals surface area contributed by atoms with E-state index in [9.17, 15) is 13.9 Å². The summed E-state index contributed by atoms with van der Waals surface area (Å²) in [6, 6.07) is 2.52. The van der Waals surface area contributed by atoms with Gasteiger partial charge in [-0.3, -0.25) is 0 Å². The lowest BCUT2D eigenvalue weighted by molar-refractivity contribution is -0.0484. The van der Waals surface area contributed by atoms with Crippen molar-refractivity contribution in [3.8, 4) is 0 Å². The first-order valence-electron chi connectivity index (χ1n) is 5.81. The van der Waals surface area contributed by atoms with Gasteiger partial charge in [0, 0.05) is 19.1 Å². The third-order valence-corrected chi connectivity index (χ3v) is 3.97. The molecule has 0 radical (unpaired) electrons. The van der Waals surface area contributed by atoms with Crippen LogP contribution in [0.2, 0.25) is 0 Å². The van der Waals surface area contributed by atoms with Crippen LogP contribution in [-0.2, 0) is 11.2 Å². The number of rotatable bonds is 5. The molecule has 5 heteroatoms. The summed E-state index contributed by atoms with van der Waals surface area (Å²) < 4.78 is 32.7. The van der Waals surface area contributed by atoms with E-state index in [0.717, 1.165) is 12.8 Å². The summed E-state index contributed by atoms with van der Waals surface area (Å²) in [5.74, 6) is -1.22. The van der Waals surface area contributed by atoms with Gasteiger partial charge in [0.25, 0.3) is 0 Å². The standard InChI is InChI=1S/C13H15BrF2O2/c1-18-7-13(17,8-2-3-8)6-9-11(15)5-4-10(14)12(9)16/h4-5,8,17H,2-3,6-7H2,1H3. The van der Waals surface area contributed by atoms with Gasteiger partial charge in [-0.05, 0) is 46.8 Å². The Morgan fingerprint density at radius 1 is 1.44 bits per heavy atom. The molecule has 1 atom stereocenters. The SMILES string of the molecule is COCC(O)(Cc1c(F)ccc(Br)c1F)C1CC1. The minimum atomic E-state index is -1.18. The normalized spacial score (nSPS) is 18.7. The first-order chi connectivity index (χ1) is 8.48. The average Bonchev–Trinajstić information content (AvgIpc) is 3.14. The fourth-order valence-corrected chi connectivity index (χ4v) is 2.59. The molecule has 0 spiro atoms. The topological polar surface area (TPSA) is 29.5 Å². The van der Waals surface area contributed by atoms with E-state index in [1.807, 2.05) is 0 Å². The van der Waals surface area contributed by atoms with Gasteiger partial charge in [-0.2, -0.15) is 0 Å². The molecule has 1 aromatic carbocycles. The monoisotopic (exact) mass is 320 g/mol. The molecule has 0 amide bonds. The Bertz CT molecular complexity index is 449. The quantitative estimate of drug-likeness (QED) is 0.845. The summed E-state index contributed by atoms with van der Waals surface area (Å²) in [6.07, 6.45) is 1.68. The fourth-order valence-electron chi connectivity index (χ4n) is 2.22. The van der Waals surface area contributed by atoms with Gasteiger partial charge in [-0.15, -0.1) is 0 Å². The van der Waals surface area contributed by atoms with Crippen LogP contribution in [0.15, 0.2) is 16.6 Å². The smallest absolute Gasteiger partial charge is 0.143 e. The summed E-state index contributed by atoms with van der Waals surface area (Å²) in [5.41, 5.74) is -1.27. The summed E-state index contributed by atoms with van der Waals surface area (Å²) in [6.45, 7) is 0.0864. The number of hydrogen-bond acceptors (Lipinski definition) is 2. The minimum absolute atomic E-state index is 0.0650. The molecule has 0 aromatic heterocycles. The first kappa shape index (κ1) is 13.9. The molecule has 1 aliphatic carbocycles. The molecule has 1 saturated carbocycles. The van der Waals surface area contributed by atoms with Crippen LogP contribution >= 0.6 is 15.9 Å². The summed E-state index contributed by atoms with van der Waals surface area (Å²) in [4.78, 5) is 0. The van der Waals surface area contributed by atoms with Crippen LogP contribution in [0.5, 0.6) is 0 Å². The van der Waals surface area contributed by atoms with Crippen molar-refractivity contribution in [2.75, 3.05) is 13.7 Å². The largest absolute Gasteiger partial charge is 0.387 e. The van der Waals surface area contributed by atoms with E-state index in [1.54, 1.807) is 0 Å². The van der Waals surface area contributed by atoms with Crippen LogP contribution in [0, 0.1) is 17.6 Å². The molecule has 0 heterocycles. The van der Waals surface area contributed by atoms with Crippen molar-refractivity contribution >= 4 is 15.9 Å². The highest BCUT2D eigenvalue weighted by Gasteiger charge is 2.44. The fraction of sp³-hybridized carbons (Fsp3) is 0.538. The van der Waals surface area contributed by atoms with Crippen LogP contribution in [0.4, 0.5) is 8.78 Å². The molecular formula is C13H15BrF2O2. The number of benzene rings is 1. The molecule has 1 fully saturated rings. The number of aliphatic hydroxyl groups is 1. The molecule has 18 heavy (non-hydrogen) atoms. The van der Waals surface area contributed by atoms with Crippen LogP contribution in [0.3, 0.4) is 0 Å². The van der Waals surface area contributed by atoms with Gasteiger partial charge >= 0.3 is 0 Å². The maximum absolute atomic E-state index is 13.9. The Balaban J connectivity index is 2.29. The molecule has 0 aliphatic heterocycles. The lowest BCUT2D eigenvalue weighted by Crippen LogP contribution is -2.39. The average molecular weight is 321 g/mol. The lowest BCUT2D eigenvalue weighted by Gasteiger charge is -2.28. The number of hydrogen-bond donors (Lipinski definition) is 1. The second-order valence-corrected chi connectivity index (χ2v) is 5.66. The van der Waals surface area contributed by atoms with Crippen molar-refractivity contribution in [2.24, 2.45) is 5.92 Å². The highest BCUT2D eigenvalue weighted by atomic mass is 79.9. The maximum Gasteiger partial charge on any atom is 0.143 e. The third kappa shape index (κ3) is 2.73. The molecule has 1 aromatic rings. The molecular weight excluding hydrogens is 306 g/mol. The van der Waals surface area contributed by atoms with Gasteiger partial charge in [0.15, 0.2) is 0 Å². The summed E-state index contributed by atoms with van der Waals surface area (Å²) in [7, 11) is 1.47. The number of halogens is 3. The van der Waals surface area contributed by atoms with Crippen molar-refractivity contribution in [1.29, 1.82) is 0 Å². The van der Waals surface area contributed by atoms with Crippen molar-refractivity contribution in [3.05, 3.63) is 33.8 Å². The highest BCUT2D eigenvalue weighted by Crippen LogP contribution is 2.42. The molecule has 1 N–H and O–H groups in total. The lowest BCUT2D eigenvalue weighted by atomic mass is 9.90. The molecule has 2 nitrogen and oxygen atoms in total. The van der Waals surface area contributed by atoms with E-state index in [1.165, 1.54) is 19.2 Å². The third-order valence-electron chi connectivity index (χ3n) is 3.35.